The third-order valence-corrected chi connectivity index (χ3v) is 6.55. The highest BCUT2D eigenvalue weighted by molar-refractivity contribution is 9.10. The Morgan fingerprint density at radius 2 is 1.94 bits per heavy atom. The fourth-order valence-corrected chi connectivity index (χ4v) is 4.60. The maximum atomic E-state index is 13.0. The lowest BCUT2D eigenvalue weighted by Gasteiger charge is -2.17. The molecule has 1 aliphatic heterocycles. The Hall–Kier alpha value is -2.72. The quantitative estimate of drug-likeness (QED) is 0.549. The summed E-state index contributed by atoms with van der Waals surface area (Å²) >= 11 is 4.98. The van der Waals surface area contributed by atoms with Gasteiger partial charge in [0, 0.05) is 22.6 Å². The van der Waals surface area contributed by atoms with Crippen LogP contribution in [0, 0.1) is 5.82 Å². The van der Waals surface area contributed by atoms with Crippen LogP contribution in [0.3, 0.4) is 0 Å². The molecule has 0 radical (unpaired) electrons. The Labute approximate surface area is 190 Å². The van der Waals surface area contributed by atoms with E-state index in [0.29, 0.717) is 12.0 Å². The first-order valence-electron chi connectivity index (χ1n) is 9.54. The summed E-state index contributed by atoms with van der Waals surface area (Å²) in [5.74, 6) is -0.290. The lowest BCUT2D eigenvalue weighted by Crippen LogP contribution is -2.43. The van der Waals surface area contributed by atoms with Gasteiger partial charge in [0.25, 0.3) is 0 Å². The van der Waals surface area contributed by atoms with E-state index in [2.05, 4.69) is 36.8 Å². The van der Waals surface area contributed by atoms with E-state index in [-0.39, 0.29) is 41.3 Å². The van der Waals surface area contributed by atoms with Crippen LogP contribution in [0.4, 0.5) is 4.39 Å². The summed E-state index contributed by atoms with van der Waals surface area (Å²) in [6, 6.07) is 13.0. The lowest BCUT2D eigenvalue weighted by atomic mass is 10.1. The van der Waals surface area contributed by atoms with Gasteiger partial charge < -0.3 is 15.1 Å². The molecule has 1 aliphatic rings. The van der Waals surface area contributed by atoms with Crippen molar-refractivity contribution in [2.24, 2.45) is 0 Å². The third-order valence-electron chi connectivity index (χ3n) is 4.73. The van der Waals surface area contributed by atoms with E-state index in [1.165, 1.54) is 24.3 Å². The first kappa shape index (κ1) is 21.5. The van der Waals surface area contributed by atoms with Crippen LogP contribution in [0.25, 0.3) is 11.5 Å². The van der Waals surface area contributed by atoms with Gasteiger partial charge in [-0.1, -0.05) is 28.1 Å². The smallest absolute Gasteiger partial charge is 0.308 e. The van der Waals surface area contributed by atoms with E-state index in [4.69, 9.17) is 4.42 Å². The standard InChI is InChI=1S/C21H18BrFN4O3S/c22-14-5-1-12(2-6-14)17-18(28)25-16(9-10-31-17)11-24-19(29)21-27-26-20(30-21)13-3-7-15(23)8-4-13/h1-8,16-17H,9-11H2,(H,24,29)(H,25,28)/t16-,17+/m0/s1. The molecule has 160 valence electrons. The van der Waals surface area contributed by atoms with Gasteiger partial charge in [-0.05, 0) is 54.1 Å². The third kappa shape index (κ3) is 5.31. The first-order chi connectivity index (χ1) is 15.0. The number of nitrogens with zero attached hydrogens (tertiary/aromatic N) is 2. The Balaban J connectivity index is 1.34. The Bertz CT molecular complexity index is 1070. The first-order valence-corrected chi connectivity index (χ1v) is 11.4. The number of rotatable bonds is 5. The number of benzene rings is 2. The van der Waals surface area contributed by atoms with Crippen LogP contribution in [-0.2, 0) is 4.79 Å². The van der Waals surface area contributed by atoms with Crippen LogP contribution in [0.1, 0.15) is 27.9 Å². The molecule has 1 fully saturated rings. The number of carbonyl (C=O) groups is 2. The van der Waals surface area contributed by atoms with Crippen LogP contribution >= 0.6 is 27.7 Å². The number of aromatic nitrogens is 2. The van der Waals surface area contributed by atoms with Gasteiger partial charge in [-0.3, -0.25) is 9.59 Å². The molecule has 1 saturated heterocycles. The van der Waals surface area contributed by atoms with Crippen LogP contribution in [-0.4, -0.2) is 40.4 Å². The predicted molar refractivity (Wildman–Crippen MR) is 118 cm³/mol. The molecule has 31 heavy (non-hydrogen) atoms. The van der Waals surface area contributed by atoms with Crippen molar-refractivity contribution in [2.45, 2.75) is 17.7 Å². The van der Waals surface area contributed by atoms with E-state index in [0.717, 1.165) is 15.8 Å². The lowest BCUT2D eigenvalue weighted by molar-refractivity contribution is -0.121. The van der Waals surface area contributed by atoms with E-state index >= 15 is 0 Å². The fourth-order valence-electron chi connectivity index (χ4n) is 3.11. The molecule has 10 heteroatoms. The fraction of sp³-hybridized carbons (Fsp3) is 0.238. The van der Waals surface area contributed by atoms with Crippen LogP contribution in [0.15, 0.2) is 57.4 Å². The molecule has 0 saturated carbocycles. The molecule has 0 bridgehead atoms. The van der Waals surface area contributed by atoms with Gasteiger partial charge in [-0.25, -0.2) is 4.39 Å². The van der Waals surface area contributed by atoms with E-state index < -0.39 is 5.91 Å². The van der Waals surface area contributed by atoms with Crippen molar-refractivity contribution >= 4 is 39.5 Å². The summed E-state index contributed by atoms with van der Waals surface area (Å²) in [4.78, 5) is 25.1. The number of halogens is 2. The number of hydrogen-bond acceptors (Lipinski definition) is 6. The van der Waals surface area contributed by atoms with Crippen LogP contribution in [0.5, 0.6) is 0 Å². The molecule has 0 aliphatic carbocycles. The molecule has 7 nitrogen and oxygen atoms in total. The van der Waals surface area contributed by atoms with Crippen molar-refractivity contribution < 1.29 is 18.4 Å². The van der Waals surface area contributed by atoms with Crippen molar-refractivity contribution in [3.05, 3.63) is 70.3 Å². The molecular weight excluding hydrogens is 487 g/mol. The zero-order chi connectivity index (χ0) is 21.8. The van der Waals surface area contributed by atoms with Crippen molar-refractivity contribution in [1.82, 2.24) is 20.8 Å². The summed E-state index contributed by atoms with van der Waals surface area (Å²) < 4.78 is 19.4. The number of amides is 2. The number of carbonyl (C=O) groups excluding carboxylic acids is 2. The maximum absolute atomic E-state index is 13.0. The molecule has 2 atom stereocenters. The zero-order valence-electron chi connectivity index (χ0n) is 16.2. The van der Waals surface area contributed by atoms with Crippen LogP contribution < -0.4 is 10.6 Å². The molecule has 2 aromatic carbocycles. The highest BCUT2D eigenvalue weighted by Crippen LogP contribution is 2.32. The second-order valence-corrected chi connectivity index (χ2v) is 9.05. The second-order valence-electron chi connectivity index (χ2n) is 6.93. The minimum absolute atomic E-state index is 0.0829. The minimum atomic E-state index is -0.531. The number of nitrogens with one attached hydrogen (secondary N) is 2. The molecule has 2 amide bonds. The highest BCUT2D eigenvalue weighted by atomic mass is 79.9. The Kier molecular flexibility index (Phi) is 6.67. The van der Waals surface area contributed by atoms with E-state index in [1.807, 2.05) is 24.3 Å². The topological polar surface area (TPSA) is 97.1 Å². The second kappa shape index (κ2) is 9.61. The summed E-state index contributed by atoms with van der Waals surface area (Å²) in [7, 11) is 0. The van der Waals surface area contributed by atoms with Crippen molar-refractivity contribution in [2.75, 3.05) is 12.3 Å². The predicted octanol–water partition coefficient (Wildman–Crippen LogP) is 3.73. The van der Waals surface area contributed by atoms with Crippen molar-refractivity contribution in [1.29, 1.82) is 0 Å². The molecule has 1 aromatic heterocycles. The van der Waals surface area contributed by atoms with Gasteiger partial charge in [-0.2, -0.15) is 0 Å². The number of hydrogen-bond donors (Lipinski definition) is 2. The van der Waals surface area contributed by atoms with Gasteiger partial charge in [0.15, 0.2) is 0 Å². The molecule has 2 N–H and O–H groups in total. The van der Waals surface area contributed by atoms with Crippen molar-refractivity contribution in [3.63, 3.8) is 0 Å². The molecular formula is C21H18BrFN4O3S. The van der Waals surface area contributed by atoms with Gasteiger partial charge in [0.2, 0.25) is 11.8 Å². The molecule has 0 spiro atoms. The van der Waals surface area contributed by atoms with Gasteiger partial charge in [-0.15, -0.1) is 22.0 Å². The Morgan fingerprint density at radius 3 is 2.68 bits per heavy atom. The van der Waals surface area contributed by atoms with E-state index in [9.17, 15) is 14.0 Å². The molecule has 2 heterocycles. The highest BCUT2D eigenvalue weighted by Gasteiger charge is 2.28. The minimum Gasteiger partial charge on any atom is -0.412 e. The van der Waals surface area contributed by atoms with Gasteiger partial charge >= 0.3 is 11.8 Å². The van der Waals surface area contributed by atoms with Gasteiger partial charge in [0.1, 0.15) is 11.1 Å². The van der Waals surface area contributed by atoms with Gasteiger partial charge in [0.05, 0.1) is 0 Å². The molecule has 0 unspecified atom stereocenters. The maximum Gasteiger partial charge on any atom is 0.308 e. The Morgan fingerprint density at radius 1 is 1.19 bits per heavy atom. The van der Waals surface area contributed by atoms with Crippen LogP contribution in [0.2, 0.25) is 0 Å². The summed E-state index contributed by atoms with van der Waals surface area (Å²) in [5, 5.41) is 13.0. The SMILES string of the molecule is O=C(NC[C@@H]1CCS[C@H](c2ccc(Br)cc2)C(=O)N1)c1nnc(-c2ccc(F)cc2)o1. The van der Waals surface area contributed by atoms with E-state index in [1.54, 1.807) is 11.8 Å². The largest absolute Gasteiger partial charge is 0.412 e. The summed E-state index contributed by atoms with van der Waals surface area (Å²) in [5.41, 5.74) is 1.45. The zero-order valence-corrected chi connectivity index (χ0v) is 18.6. The normalized spacial score (nSPS) is 18.8. The number of thioether (sulfide) groups is 1. The average Bonchev–Trinajstić information content (AvgIpc) is 3.18. The summed E-state index contributed by atoms with van der Waals surface area (Å²) in [6.07, 6.45) is 0.717. The summed E-state index contributed by atoms with van der Waals surface area (Å²) in [6.45, 7) is 0.243. The van der Waals surface area contributed by atoms with Crippen molar-refractivity contribution in [3.8, 4) is 11.5 Å². The molecule has 4 rings (SSSR count). The average molecular weight is 505 g/mol. The molecule has 3 aromatic rings. The monoisotopic (exact) mass is 504 g/mol.